The van der Waals surface area contributed by atoms with Gasteiger partial charge in [0.05, 0.1) is 37.9 Å². The first-order valence-electron chi connectivity index (χ1n) is 38.4. The van der Waals surface area contributed by atoms with Crippen molar-refractivity contribution in [2.75, 3.05) is 18.6 Å². The van der Waals surface area contributed by atoms with Gasteiger partial charge >= 0.3 is 0 Å². The minimum Gasteiger partial charge on any atom is -0.504 e. The molecule has 2 heterocycles. The molecule has 22 atom stereocenters. The van der Waals surface area contributed by atoms with Gasteiger partial charge in [-0.3, -0.25) is 4.79 Å². The van der Waals surface area contributed by atoms with E-state index in [0.29, 0.717) is 30.4 Å². The summed E-state index contributed by atoms with van der Waals surface area (Å²) in [5, 5.41) is 97.2. The molecule has 16 aliphatic rings. The van der Waals surface area contributed by atoms with E-state index in [1.807, 2.05) is 45.9 Å². The van der Waals surface area contributed by atoms with Crippen molar-refractivity contribution in [3.63, 3.8) is 0 Å². The third-order valence-electron chi connectivity index (χ3n) is 32.2. The van der Waals surface area contributed by atoms with Crippen molar-refractivity contribution >= 4 is 27.4 Å². The van der Waals surface area contributed by atoms with E-state index < -0.39 is 93.5 Å². The molecule has 2 aliphatic heterocycles. The van der Waals surface area contributed by atoms with E-state index in [0.717, 1.165) is 155 Å². The number of hydrogen-bond donors (Lipinski definition) is 8. The molecule has 1 saturated heterocycles. The lowest BCUT2D eigenvalue weighted by Gasteiger charge is -2.78. The molecule has 0 aromatic heterocycles. The summed E-state index contributed by atoms with van der Waals surface area (Å²) in [6.07, 6.45) is 26.8. The molecular formula is C87H93NO9S2. The summed E-state index contributed by atoms with van der Waals surface area (Å²) in [6.45, 7) is -0.401. The third kappa shape index (κ3) is 7.62. The van der Waals surface area contributed by atoms with Crippen molar-refractivity contribution in [3.8, 4) is 46.7 Å². The lowest BCUT2D eigenvalue weighted by atomic mass is 9.27. The summed E-state index contributed by atoms with van der Waals surface area (Å²) >= 11 is 0. The molecule has 512 valence electrons. The number of rotatable bonds is 5. The maximum Gasteiger partial charge on any atom is 0.160 e. The molecule has 0 radical (unpaired) electrons. The minimum absolute atomic E-state index is 0.0332. The Kier molecular flexibility index (Phi) is 13.4. The van der Waals surface area contributed by atoms with Gasteiger partial charge in [0.1, 0.15) is 11.2 Å². The van der Waals surface area contributed by atoms with Crippen molar-refractivity contribution in [3.05, 3.63) is 163 Å². The number of aliphatic hydroxyl groups is 4. The fraction of sp³-hybridized carbons (Fsp3) is 0.575. The van der Waals surface area contributed by atoms with Crippen LogP contribution in [-0.4, -0.2) is 90.5 Å². The number of phenolic OH excluding ortho intramolecular Hbond substituents is 3. The Balaban J connectivity index is 0.949. The van der Waals surface area contributed by atoms with Crippen LogP contribution in [0.25, 0.3) is 0 Å². The average Bonchev–Trinajstić information content (AvgIpc) is 1.35. The van der Waals surface area contributed by atoms with Gasteiger partial charge in [-0.2, -0.15) is 0 Å². The summed E-state index contributed by atoms with van der Waals surface area (Å²) < 4.78 is 5.94. The van der Waals surface area contributed by atoms with Crippen LogP contribution in [0.4, 0.5) is 0 Å². The summed E-state index contributed by atoms with van der Waals surface area (Å²) in [7, 11) is 5.57. The van der Waals surface area contributed by atoms with Gasteiger partial charge in [0.25, 0.3) is 0 Å². The largest absolute Gasteiger partial charge is 0.504 e. The second kappa shape index (κ2) is 21.5. The first-order valence-corrected chi connectivity index (χ1v) is 40.9. The van der Waals surface area contributed by atoms with Crippen molar-refractivity contribution < 1.29 is 45.3 Å². The summed E-state index contributed by atoms with van der Waals surface area (Å²) in [6, 6.07) is 22.1. The Morgan fingerprint density at radius 1 is 0.778 bits per heavy atom. The highest BCUT2D eigenvalue weighted by Crippen LogP contribution is 2.84. The molecule has 7 spiro atoms. The number of phenols is 3. The highest BCUT2D eigenvalue weighted by Gasteiger charge is 2.80. The fourth-order valence-electron chi connectivity index (χ4n) is 29.0. The predicted molar refractivity (Wildman–Crippen MR) is 384 cm³/mol. The van der Waals surface area contributed by atoms with Gasteiger partial charge in [-0.15, -0.1) is 5.92 Å². The van der Waals surface area contributed by atoms with Gasteiger partial charge in [-0.05, 0) is 203 Å². The van der Waals surface area contributed by atoms with Gasteiger partial charge in [0, 0.05) is 99.5 Å². The molecule has 7 fully saturated rings. The van der Waals surface area contributed by atoms with Gasteiger partial charge < -0.3 is 45.8 Å². The third-order valence-corrected chi connectivity index (χ3v) is 34.6. The first-order chi connectivity index (χ1) is 48.2. The van der Waals surface area contributed by atoms with E-state index in [4.69, 9.17) is 4.74 Å². The van der Waals surface area contributed by atoms with Gasteiger partial charge in [-0.25, -0.2) is 0 Å². The molecule has 4 aromatic carbocycles. The van der Waals surface area contributed by atoms with E-state index >= 15 is 9.90 Å². The highest BCUT2D eigenvalue weighted by molar-refractivity contribution is 8.76. The molecule has 99 heavy (non-hydrogen) atoms. The van der Waals surface area contributed by atoms with Gasteiger partial charge in [-0.1, -0.05) is 162 Å². The SMILES string of the molecule is COc1cc(C2CC(=O)C3C4C=CC56C#CCC7NC8CC9C%10=C%11C=C(C(O)CC%11C%11=CC%12CCCC%12%13CC%119C9CC%13c%11cc(O)c(O)cc%11C89C(C3O)C7C#CC2Cc2ccccc2)C2(CCCCC2)c2cc4c5c(c2)C2(CCCC23CCCC3)C(CSSC%10)C6O)c(CO)cc1O. The number of methoxy groups -OCH3 is 1. The van der Waals surface area contributed by atoms with E-state index in [1.54, 1.807) is 6.07 Å². The molecule has 20 rings (SSSR count). The summed E-state index contributed by atoms with van der Waals surface area (Å²) in [4.78, 5) is 18.1. The number of ether oxygens (including phenoxy) is 1. The molecule has 12 heteroatoms. The zero-order valence-corrected chi connectivity index (χ0v) is 58.5. The number of carbonyl (C=O) groups is 1. The molecule has 10 nitrogen and oxygen atoms in total. The second-order valence-electron chi connectivity index (χ2n) is 34.9. The lowest BCUT2D eigenvalue weighted by Crippen LogP contribution is -2.79. The molecule has 22 unspecified atom stereocenters. The van der Waals surface area contributed by atoms with Crippen LogP contribution in [0.3, 0.4) is 0 Å². The van der Waals surface area contributed by atoms with Crippen LogP contribution in [0.15, 0.2) is 113 Å². The number of Topliss-reactive ketones (excluding diaryl/α,β-unsaturated/α-hetero) is 1. The number of benzene rings is 4. The monoisotopic (exact) mass is 1360 g/mol. The van der Waals surface area contributed by atoms with Gasteiger partial charge in [0.15, 0.2) is 23.0 Å². The topological polar surface area (TPSA) is 180 Å². The zero-order chi connectivity index (χ0) is 66.6. The second-order valence-corrected chi connectivity index (χ2v) is 37.4. The highest BCUT2D eigenvalue weighted by atomic mass is 33.1. The van der Waals surface area contributed by atoms with Crippen LogP contribution in [-0.2, 0) is 39.5 Å². The molecule has 0 amide bonds. The van der Waals surface area contributed by atoms with E-state index in [-0.39, 0.29) is 87.6 Å². The zero-order valence-electron chi connectivity index (χ0n) is 56.9. The van der Waals surface area contributed by atoms with Crippen molar-refractivity contribution in [2.45, 2.75) is 218 Å². The number of fused-ring (bicyclic) bond motifs is 12. The Labute approximate surface area is 590 Å². The Morgan fingerprint density at radius 2 is 1.60 bits per heavy atom. The molecule has 8 N–H and O–H groups in total. The maximum absolute atomic E-state index is 18.1. The van der Waals surface area contributed by atoms with Crippen LogP contribution in [0.5, 0.6) is 23.0 Å². The van der Waals surface area contributed by atoms with E-state index in [9.17, 15) is 30.6 Å². The van der Waals surface area contributed by atoms with Crippen LogP contribution >= 0.6 is 21.6 Å². The van der Waals surface area contributed by atoms with Crippen LogP contribution in [0, 0.1) is 93.2 Å². The Hall–Kier alpha value is -5.67. The molecule has 14 aliphatic carbocycles. The molecule has 6 saturated carbocycles. The van der Waals surface area contributed by atoms with Crippen molar-refractivity contribution in [1.82, 2.24) is 5.32 Å². The number of piperidine rings is 1. The number of ketones is 1. The van der Waals surface area contributed by atoms with Crippen LogP contribution in [0.1, 0.15) is 203 Å². The molecule has 15 bridgehead atoms. The van der Waals surface area contributed by atoms with Crippen LogP contribution in [0.2, 0.25) is 0 Å². The van der Waals surface area contributed by atoms with E-state index in [2.05, 4.69) is 89.7 Å². The lowest BCUT2D eigenvalue weighted by molar-refractivity contribution is -0.188. The quantitative estimate of drug-likeness (QED) is 0.0411. The van der Waals surface area contributed by atoms with E-state index in [1.165, 1.54) is 40.5 Å². The summed E-state index contributed by atoms with van der Waals surface area (Å²) in [5.74, 6) is 13.6. The molecular weight excluding hydrogens is 1270 g/mol. The number of hydrogen-bond acceptors (Lipinski definition) is 12. The number of aromatic hydroxyl groups is 3. The smallest absolute Gasteiger partial charge is 0.160 e. The predicted octanol–water partition coefficient (Wildman–Crippen LogP) is 14.2. The maximum atomic E-state index is 18.1. The van der Waals surface area contributed by atoms with Crippen molar-refractivity contribution in [2.24, 2.45) is 69.5 Å². The Morgan fingerprint density at radius 3 is 2.42 bits per heavy atom. The van der Waals surface area contributed by atoms with Gasteiger partial charge in [0.2, 0.25) is 0 Å². The number of aliphatic hydroxyl groups excluding tert-OH is 4. The minimum atomic E-state index is -1.34. The number of allylic oxidation sites excluding steroid dienone is 5. The normalized spacial score (nSPS) is 43.1. The standard InChI is InChI=1S/C87H93NO9S2/c1-97-73-38-54(48(42-89)30-71(73)93)53-35-72(94)76-51-19-28-83-25-11-16-67-52(18-17-47(53)29-46-13-4-2-5-14-46)78(79(76)95)87-63-39-70(92)69(91)37-58(63)60-40-74(87)85-45-84(60)26-10-15-49(84)32-61(85)56-36-68(90)64-34-55(56)59(62(85)41-75(87)88-67)43-98-99-44-66(80(83)96)86(27-12-22-81(86)20-8-9-21-81)65-33-50(31-57(51)77(65)83)82(64)23-6-3-7-24-82/h2,4-5,13-14,19,28,30-34,37-39,47,49,51-53,56,60,62,66-68,74-76,78-80,88-93,95-96H,3,6-10,12,15-16,20-24,26-27,29,35-36,40-45H2,1H3. The Bertz CT molecular complexity index is 4450. The fourth-order valence-corrected chi connectivity index (χ4v) is 31.7. The number of carbonyl (C=O) groups excluding carboxylic acids is 1. The number of nitrogens with one attached hydrogen (secondary N) is 1. The van der Waals surface area contributed by atoms with Crippen molar-refractivity contribution in [1.29, 1.82) is 0 Å². The van der Waals surface area contributed by atoms with Crippen LogP contribution < -0.4 is 10.1 Å². The molecule has 4 aromatic rings. The summed E-state index contributed by atoms with van der Waals surface area (Å²) in [5.41, 5.74) is 10.7. The first kappa shape index (κ1) is 61.9. The average molecular weight is 1360 g/mol.